The minimum atomic E-state index is 0.0363. The van der Waals surface area contributed by atoms with Gasteiger partial charge < -0.3 is 31.1 Å². The van der Waals surface area contributed by atoms with Crippen LogP contribution in [0.1, 0.15) is 28.8 Å². The fourth-order valence-electron chi connectivity index (χ4n) is 4.60. The largest absolute Gasteiger partial charge is 0.493 e. The highest BCUT2D eigenvalue weighted by Gasteiger charge is 2.43. The lowest BCUT2D eigenvalue weighted by atomic mass is 10.1. The first-order valence-electron chi connectivity index (χ1n) is 10.2. The minimum Gasteiger partial charge on any atom is -0.493 e. The summed E-state index contributed by atoms with van der Waals surface area (Å²) in [5.74, 6) is 2.05. The molecule has 0 aliphatic carbocycles. The molecule has 8 heteroatoms. The summed E-state index contributed by atoms with van der Waals surface area (Å²) < 4.78 is 5.71. The second kappa shape index (κ2) is 8.52. The van der Waals surface area contributed by atoms with Crippen LogP contribution in [0.5, 0.6) is 5.75 Å². The summed E-state index contributed by atoms with van der Waals surface area (Å²) in [5.41, 5.74) is 8.38. The van der Waals surface area contributed by atoms with Crippen molar-refractivity contribution in [3.05, 3.63) is 47.7 Å². The van der Waals surface area contributed by atoms with E-state index in [1.54, 1.807) is 6.07 Å². The molecule has 30 heavy (non-hydrogen) atoms. The van der Waals surface area contributed by atoms with Crippen LogP contribution in [0.15, 0.2) is 36.5 Å². The highest BCUT2D eigenvalue weighted by Crippen LogP contribution is 2.40. The Morgan fingerprint density at radius 3 is 2.50 bits per heavy atom. The standard InChI is InChI=1S/C20H22N4O2.C2H4N2/c21-17-4-2-1-3-15(17)20(25)23-11-13-5-6-14(12-23)24(13)19-16-8-10-26-18(16)7-9-22-19;3-1-2-4/h1-4,7,9,13-14H,5-6,8,10-12,21H2;1-4H. The molecule has 1 aromatic carbocycles. The molecule has 8 nitrogen and oxygen atoms in total. The topological polar surface area (TPSA) is 119 Å². The zero-order valence-electron chi connectivity index (χ0n) is 16.8. The molecule has 2 fully saturated rings. The molecule has 2 saturated heterocycles. The Morgan fingerprint density at radius 1 is 1.13 bits per heavy atom. The monoisotopic (exact) mass is 406 g/mol. The van der Waals surface area contributed by atoms with Crippen molar-refractivity contribution < 1.29 is 9.53 Å². The van der Waals surface area contributed by atoms with E-state index >= 15 is 0 Å². The number of benzene rings is 1. The number of pyridine rings is 1. The molecule has 2 atom stereocenters. The quantitative estimate of drug-likeness (QED) is 0.534. The van der Waals surface area contributed by atoms with Crippen LogP contribution in [0.2, 0.25) is 0 Å². The molecule has 1 amide bonds. The van der Waals surface area contributed by atoms with Crippen molar-refractivity contribution in [1.82, 2.24) is 9.88 Å². The van der Waals surface area contributed by atoms with Crippen molar-refractivity contribution in [3.8, 4) is 5.75 Å². The third kappa shape index (κ3) is 3.60. The molecule has 0 saturated carbocycles. The number of amides is 1. The summed E-state index contributed by atoms with van der Waals surface area (Å²) in [4.78, 5) is 22.0. The fourth-order valence-corrected chi connectivity index (χ4v) is 4.60. The van der Waals surface area contributed by atoms with Gasteiger partial charge in [0, 0.05) is 61.5 Å². The van der Waals surface area contributed by atoms with Crippen molar-refractivity contribution in [2.45, 2.75) is 31.3 Å². The van der Waals surface area contributed by atoms with E-state index in [0.717, 1.165) is 63.0 Å². The first-order chi connectivity index (χ1) is 14.6. The SMILES string of the molecule is N=CC=N.Nc1ccccc1C(=O)N1CC2CCC(C1)N2c1nccc2c1CCO2. The summed E-state index contributed by atoms with van der Waals surface area (Å²) >= 11 is 0. The van der Waals surface area contributed by atoms with Crippen molar-refractivity contribution >= 4 is 29.8 Å². The summed E-state index contributed by atoms with van der Waals surface area (Å²) in [7, 11) is 0. The number of nitrogen functional groups attached to an aromatic ring is 1. The number of carbonyl (C=O) groups is 1. The van der Waals surface area contributed by atoms with Gasteiger partial charge in [0.25, 0.3) is 5.91 Å². The highest BCUT2D eigenvalue weighted by atomic mass is 16.5. The van der Waals surface area contributed by atoms with Crippen LogP contribution in [0.25, 0.3) is 0 Å². The number of hydrogen-bond acceptors (Lipinski definition) is 7. The first kappa shape index (κ1) is 19.9. The molecule has 2 bridgehead atoms. The van der Waals surface area contributed by atoms with Crippen molar-refractivity contribution in [3.63, 3.8) is 0 Å². The maximum Gasteiger partial charge on any atom is 0.256 e. The average Bonchev–Trinajstić information content (AvgIpc) is 3.35. The molecule has 0 radical (unpaired) electrons. The number of ether oxygens (including phenoxy) is 1. The van der Waals surface area contributed by atoms with Crippen LogP contribution in [0.4, 0.5) is 11.5 Å². The number of aromatic nitrogens is 1. The summed E-state index contributed by atoms with van der Waals surface area (Å²) in [6, 6.07) is 9.89. The number of piperazine rings is 1. The molecule has 1 aromatic heterocycles. The molecular weight excluding hydrogens is 380 g/mol. The van der Waals surface area contributed by atoms with Gasteiger partial charge >= 0.3 is 0 Å². The lowest BCUT2D eigenvalue weighted by molar-refractivity contribution is 0.0718. The van der Waals surface area contributed by atoms with E-state index in [1.807, 2.05) is 35.4 Å². The van der Waals surface area contributed by atoms with Gasteiger partial charge in [-0.15, -0.1) is 0 Å². The number of likely N-dealkylation sites (tertiary alicyclic amines) is 1. The van der Waals surface area contributed by atoms with Gasteiger partial charge in [0.15, 0.2) is 0 Å². The molecule has 156 valence electrons. The van der Waals surface area contributed by atoms with Crippen LogP contribution in [0.3, 0.4) is 0 Å². The predicted octanol–water partition coefficient (Wildman–Crippen LogP) is 2.38. The van der Waals surface area contributed by atoms with Gasteiger partial charge in [-0.1, -0.05) is 12.1 Å². The van der Waals surface area contributed by atoms with Gasteiger partial charge in [0.05, 0.1) is 12.2 Å². The average molecular weight is 406 g/mol. The number of fused-ring (bicyclic) bond motifs is 3. The van der Waals surface area contributed by atoms with E-state index in [0.29, 0.717) is 23.3 Å². The smallest absolute Gasteiger partial charge is 0.256 e. The molecular formula is C22H26N6O2. The fraction of sp³-hybridized carbons (Fsp3) is 0.364. The molecule has 3 aliphatic rings. The third-order valence-corrected chi connectivity index (χ3v) is 5.89. The number of hydrogen-bond donors (Lipinski definition) is 3. The van der Waals surface area contributed by atoms with Gasteiger partial charge in [-0.2, -0.15) is 0 Å². The van der Waals surface area contributed by atoms with E-state index in [9.17, 15) is 4.79 Å². The van der Waals surface area contributed by atoms with E-state index in [2.05, 4.69) is 9.88 Å². The molecule has 3 aliphatic heterocycles. The zero-order chi connectivity index (χ0) is 21.1. The number of para-hydroxylation sites is 1. The van der Waals surface area contributed by atoms with E-state index in [4.69, 9.17) is 21.3 Å². The van der Waals surface area contributed by atoms with Crippen molar-refractivity contribution in [2.24, 2.45) is 0 Å². The Bertz CT molecular complexity index is 942. The van der Waals surface area contributed by atoms with Crippen LogP contribution in [0, 0.1) is 10.8 Å². The first-order valence-corrected chi connectivity index (χ1v) is 10.2. The maximum atomic E-state index is 13.0. The Morgan fingerprint density at radius 2 is 1.83 bits per heavy atom. The normalized spacial score (nSPS) is 21.2. The number of rotatable bonds is 3. The maximum absolute atomic E-state index is 13.0. The summed E-state index contributed by atoms with van der Waals surface area (Å²) in [6.45, 7) is 2.17. The van der Waals surface area contributed by atoms with Gasteiger partial charge in [-0.25, -0.2) is 4.98 Å². The molecule has 4 heterocycles. The number of anilines is 2. The lowest BCUT2D eigenvalue weighted by Crippen LogP contribution is -2.56. The number of carbonyl (C=O) groups excluding carboxylic acids is 1. The third-order valence-electron chi connectivity index (χ3n) is 5.89. The number of nitrogens with zero attached hydrogens (tertiary/aromatic N) is 3. The Labute approximate surface area is 175 Å². The second-order valence-corrected chi connectivity index (χ2v) is 7.63. The summed E-state index contributed by atoms with van der Waals surface area (Å²) in [6.07, 6.45) is 6.76. The van der Waals surface area contributed by atoms with Crippen molar-refractivity contribution in [2.75, 3.05) is 30.3 Å². The van der Waals surface area contributed by atoms with E-state index in [1.165, 1.54) is 5.56 Å². The molecule has 0 spiro atoms. The van der Waals surface area contributed by atoms with E-state index < -0.39 is 0 Å². The zero-order valence-corrected chi connectivity index (χ0v) is 16.8. The predicted molar refractivity (Wildman–Crippen MR) is 117 cm³/mol. The van der Waals surface area contributed by atoms with Gasteiger partial charge in [-0.3, -0.25) is 4.79 Å². The Hall–Kier alpha value is -3.42. The summed E-state index contributed by atoms with van der Waals surface area (Å²) in [5, 5.41) is 12.2. The van der Waals surface area contributed by atoms with Crippen LogP contribution in [-0.2, 0) is 6.42 Å². The molecule has 4 N–H and O–H groups in total. The molecule has 5 rings (SSSR count). The van der Waals surface area contributed by atoms with Crippen LogP contribution in [-0.4, -0.2) is 60.0 Å². The van der Waals surface area contributed by atoms with Gasteiger partial charge in [0.2, 0.25) is 0 Å². The number of nitrogens with two attached hydrogens (primary N) is 1. The highest BCUT2D eigenvalue weighted by molar-refractivity contribution is 6.12. The number of nitrogens with one attached hydrogen (secondary N) is 2. The lowest BCUT2D eigenvalue weighted by Gasteiger charge is -2.42. The van der Waals surface area contributed by atoms with E-state index in [-0.39, 0.29) is 5.91 Å². The minimum absolute atomic E-state index is 0.0363. The Balaban J connectivity index is 0.000000503. The molecule has 2 aromatic rings. The van der Waals surface area contributed by atoms with Gasteiger partial charge in [0.1, 0.15) is 11.6 Å². The second-order valence-electron chi connectivity index (χ2n) is 7.63. The van der Waals surface area contributed by atoms with Crippen LogP contribution >= 0.6 is 0 Å². The van der Waals surface area contributed by atoms with Crippen molar-refractivity contribution in [1.29, 1.82) is 10.8 Å². The molecule has 2 unspecified atom stereocenters. The Kier molecular flexibility index (Phi) is 5.65. The van der Waals surface area contributed by atoms with Gasteiger partial charge in [-0.05, 0) is 31.0 Å². The van der Waals surface area contributed by atoms with Crippen LogP contribution < -0.4 is 15.4 Å².